The highest BCUT2D eigenvalue weighted by molar-refractivity contribution is 7.89. The molecule has 1 aliphatic heterocycles. The number of ether oxygens (including phenoxy) is 1. The lowest BCUT2D eigenvalue weighted by Crippen LogP contribution is -2.25. The summed E-state index contributed by atoms with van der Waals surface area (Å²) in [5.41, 5.74) is 4.97. The fraction of sp³-hybridized carbons (Fsp3) is 0.345. The standard InChI is InChI=1S/C29H35N3O4S/c1-32-16-3-2-4-17-36-28-13-10-25(20-26(28)19-23-6-5-7-24(18-23)21-32)29(33)31-15-14-22-8-11-27(12-9-22)37(30,34)35/h5-13,18,20H,2-4,14-17,19,21H2,1H3,(H,31,33)(H2,30,34,35). The molecular formula is C29H35N3O4S. The number of fused-ring (bicyclic) bond motifs is 3. The van der Waals surface area contributed by atoms with Crippen molar-refractivity contribution in [2.45, 2.75) is 43.5 Å². The minimum absolute atomic E-state index is 0.0739. The molecule has 0 aromatic heterocycles. The van der Waals surface area contributed by atoms with Gasteiger partial charge in [-0.25, -0.2) is 13.6 Å². The molecule has 3 N–H and O–H groups in total. The predicted octanol–water partition coefficient (Wildman–Crippen LogP) is 3.89. The maximum Gasteiger partial charge on any atom is 0.251 e. The Morgan fingerprint density at radius 2 is 1.78 bits per heavy atom. The third-order valence-corrected chi connectivity index (χ3v) is 7.48. The lowest BCUT2D eigenvalue weighted by molar-refractivity contribution is 0.0954. The Bertz CT molecular complexity index is 1320. The van der Waals surface area contributed by atoms with Gasteiger partial charge in [-0.05, 0) is 91.9 Å². The second-order valence-corrected chi connectivity index (χ2v) is 11.2. The van der Waals surface area contributed by atoms with Gasteiger partial charge in [-0.2, -0.15) is 0 Å². The van der Waals surface area contributed by atoms with Crippen molar-refractivity contribution in [3.63, 3.8) is 0 Å². The van der Waals surface area contributed by atoms with E-state index in [-0.39, 0.29) is 10.8 Å². The van der Waals surface area contributed by atoms with Gasteiger partial charge in [0.2, 0.25) is 10.0 Å². The van der Waals surface area contributed by atoms with Crippen LogP contribution in [0.1, 0.15) is 51.9 Å². The summed E-state index contributed by atoms with van der Waals surface area (Å²) in [4.78, 5) is 15.4. The van der Waals surface area contributed by atoms with Crippen LogP contribution in [0.4, 0.5) is 0 Å². The van der Waals surface area contributed by atoms with Crippen LogP contribution in [-0.2, 0) is 29.4 Å². The third-order valence-electron chi connectivity index (χ3n) is 6.55. The van der Waals surface area contributed by atoms with E-state index in [0.29, 0.717) is 31.6 Å². The van der Waals surface area contributed by atoms with Crippen molar-refractivity contribution in [3.8, 4) is 5.75 Å². The molecule has 196 valence electrons. The molecule has 1 amide bonds. The zero-order chi connectivity index (χ0) is 26.3. The lowest BCUT2D eigenvalue weighted by Gasteiger charge is -2.19. The molecule has 0 unspecified atom stereocenters. The smallest absolute Gasteiger partial charge is 0.251 e. The summed E-state index contributed by atoms with van der Waals surface area (Å²) < 4.78 is 29.0. The molecular weight excluding hydrogens is 486 g/mol. The first-order chi connectivity index (χ1) is 17.8. The highest BCUT2D eigenvalue weighted by Crippen LogP contribution is 2.25. The van der Waals surface area contributed by atoms with Crippen molar-refractivity contribution in [1.29, 1.82) is 0 Å². The lowest BCUT2D eigenvalue weighted by atomic mass is 9.99. The van der Waals surface area contributed by atoms with Crippen LogP contribution in [0.25, 0.3) is 0 Å². The summed E-state index contributed by atoms with van der Waals surface area (Å²) >= 11 is 0. The average molecular weight is 522 g/mol. The van der Waals surface area contributed by atoms with E-state index in [9.17, 15) is 13.2 Å². The molecule has 1 aliphatic rings. The molecule has 4 rings (SSSR count). The second kappa shape index (κ2) is 12.4. The minimum atomic E-state index is -3.71. The van der Waals surface area contributed by atoms with E-state index in [2.05, 4.69) is 41.5 Å². The number of carbonyl (C=O) groups is 1. The van der Waals surface area contributed by atoms with Gasteiger partial charge in [-0.3, -0.25) is 4.79 Å². The van der Waals surface area contributed by atoms with E-state index < -0.39 is 10.0 Å². The number of amides is 1. The second-order valence-electron chi connectivity index (χ2n) is 9.66. The summed E-state index contributed by atoms with van der Waals surface area (Å²) in [5.74, 6) is 0.671. The first kappa shape index (κ1) is 26.9. The Labute approximate surface area is 219 Å². The molecule has 3 aromatic carbocycles. The van der Waals surface area contributed by atoms with Crippen molar-refractivity contribution in [2.24, 2.45) is 5.14 Å². The molecule has 0 aliphatic carbocycles. The van der Waals surface area contributed by atoms with Gasteiger partial charge in [-0.1, -0.05) is 36.4 Å². The largest absolute Gasteiger partial charge is 0.493 e. The van der Waals surface area contributed by atoms with Crippen LogP contribution in [0.2, 0.25) is 0 Å². The maximum atomic E-state index is 12.9. The molecule has 8 heteroatoms. The molecule has 0 fully saturated rings. The number of rotatable bonds is 5. The average Bonchev–Trinajstić information content (AvgIpc) is 2.86. The Hall–Kier alpha value is -3.20. The third kappa shape index (κ3) is 7.89. The van der Waals surface area contributed by atoms with Gasteiger partial charge in [0, 0.05) is 25.1 Å². The van der Waals surface area contributed by atoms with Crippen molar-refractivity contribution in [2.75, 3.05) is 26.7 Å². The van der Waals surface area contributed by atoms with Gasteiger partial charge in [0.25, 0.3) is 5.91 Å². The monoisotopic (exact) mass is 521 g/mol. The van der Waals surface area contributed by atoms with E-state index >= 15 is 0 Å². The molecule has 2 bridgehead atoms. The van der Waals surface area contributed by atoms with Crippen LogP contribution < -0.4 is 15.2 Å². The van der Waals surface area contributed by atoms with Crippen LogP contribution in [-0.4, -0.2) is 46.0 Å². The van der Waals surface area contributed by atoms with Crippen LogP contribution in [0.15, 0.2) is 71.6 Å². The molecule has 0 radical (unpaired) electrons. The summed E-state index contributed by atoms with van der Waals surface area (Å²) in [6.07, 6.45) is 4.52. The van der Waals surface area contributed by atoms with Gasteiger partial charge >= 0.3 is 0 Å². The SMILES string of the molecule is CN1CCCCCOc2ccc(C(=O)NCCc3ccc(S(N)(=O)=O)cc3)cc2Cc2cccc(c2)C1. The van der Waals surface area contributed by atoms with Crippen molar-refractivity contribution < 1.29 is 17.9 Å². The molecule has 3 aromatic rings. The highest BCUT2D eigenvalue weighted by atomic mass is 32.2. The summed E-state index contributed by atoms with van der Waals surface area (Å²) in [7, 11) is -1.55. The maximum absolute atomic E-state index is 12.9. The van der Waals surface area contributed by atoms with E-state index in [1.54, 1.807) is 12.1 Å². The Kier molecular flexibility index (Phi) is 8.97. The number of nitrogens with zero attached hydrogens (tertiary/aromatic N) is 1. The van der Waals surface area contributed by atoms with Crippen LogP contribution in [0.3, 0.4) is 0 Å². The van der Waals surface area contributed by atoms with Crippen molar-refractivity contribution in [1.82, 2.24) is 10.2 Å². The summed E-state index contributed by atoms with van der Waals surface area (Å²) in [6.45, 7) is 3.08. The zero-order valence-corrected chi connectivity index (χ0v) is 22.1. The molecule has 0 atom stereocenters. The van der Waals surface area contributed by atoms with E-state index in [4.69, 9.17) is 9.88 Å². The van der Waals surface area contributed by atoms with Crippen molar-refractivity contribution in [3.05, 3.63) is 94.5 Å². The predicted molar refractivity (Wildman–Crippen MR) is 145 cm³/mol. The molecule has 0 spiro atoms. The number of nitrogens with one attached hydrogen (secondary N) is 1. The number of hydrogen-bond acceptors (Lipinski definition) is 5. The quantitative estimate of drug-likeness (QED) is 0.530. The number of benzene rings is 3. The van der Waals surface area contributed by atoms with E-state index in [1.165, 1.54) is 23.3 Å². The topological polar surface area (TPSA) is 102 Å². The molecule has 7 nitrogen and oxygen atoms in total. The first-order valence-electron chi connectivity index (χ1n) is 12.7. The van der Waals surface area contributed by atoms with Crippen LogP contribution in [0.5, 0.6) is 5.75 Å². The van der Waals surface area contributed by atoms with Gasteiger partial charge in [0.05, 0.1) is 11.5 Å². The first-order valence-corrected chi connectivity index (χ1v) is 14.2. The molecule has 1 heterocycles. The van der Waals surface area contributed by atoms with Gasteiger partial charge in [-0.15, -0.1) is 0 Å². The van der Waals surface area contributed by atoms with Crippen molar-refractivity contribution >= 4 is 15.9 Å². The Morgan fingerprint density at radius 3 is 2.57 bits per heavy atom. The number of carbonyl (C=O) groups excluding carboxylic acids is 1. The molecule has 0 saturated heterocycles. The number of hydrogen-bond donors (Lipinski definition) is 2. The molecule has 0 saturated carbocycles. The number of sulfonamides is 1. The zero-order valence-electron chi connectivity index (χ0n) is 21.3. The van der Waals surface area contributed by atoms with Crippen LogP contribution in [0, 0.1) is 0 Å². The Balaban J connectivity index is 1.45. The van der Waals surface area contributed by atoms with E-state index in [1.807, 2.05) is 18.2 Å². The summed E-state index contributed by atoms with van der Waals surface area (Å²) in [6, 6.07) is 20.6. The van der Waals surface area contributed by atoms with Crippen LogP contribution >= 0.6 is 0 Å². The normalized spacial score (nSPS) is 15.2. The van der Waals surface area contributed by atoms with E-state index in [0.717, 1.165) is 49.2 Å². The van der Waals surface area contributed by atoms with Gasteiger partial charge in [0.1, 0.15) is 5.75 Å². The number of primary sulfonamides is 1. The van der Waals surface area contributed by atoms with Gasteiger partial charge in [0.15, 0.2) is 0 Å². The summed E-state index contributed by atoms with van der Waals surface area (Å²) in [5, 5.41) is 8.11. The highest BCUT2D eigenvalue weighted by Gasteiger charge is 2.13. The number of nitrogens with two attached hydrogens (primary N) is 1. The van der Waals surface area contributed by atoms with Gasteiger partial charge < -0.3 is 15.0 Å². The fourth-order valence-electron chi connectivity index (χ4n) is 4.56. The molecule has 37 heavy (non-hydrogen) atoms. The fourth-order valence-corrected chi connectivity index (χ4v) is 5.07. The minimum Gasteiger partial charge on any atom is -0.493 e. The Morgan fingerprint density at radius 1 is 1.00 bits per heavy atom.